The first-order chi connectivity index (χ1) is 18.3. The molecule has 4 aliphatic rings. The number of nitrogens with zero attached hydrogens (tertiary/aromatic N) is 5. The Bertz CT molecular complexity index is 1240. The van der Waals surface area contributed by atoms with E-state index >= 15 is 0 Å². The maximum Gasteiger partial charge on any atom is 0.410 e. The van der Waals surface area contributed by atoms with Crippen molar-refractivity contribution in [2.24, 2.45) is 11.8 Å². The van der Waals surface area contributed by atoms with Crippen LogP contribution in [0.2, 0.25) is 0 Å². The topological polar surface area (TPSA) is 113 Å². The average Bonchev–Trinajstić information content (AvgIpc) is 3.21. The molecule has 2 N–H and O–H groups in total. The number of hydrogen-bond acceptors (Lipinski definition) is 8. The highest BCUT2D eigenvalue weighted by atomic mass is 19.1. The van der Waals surface area contributed by atoms with Crippen molar-refractivity contribution in [1.82, 2.24) is 24.4 Å². The fourth-order valence-corrected chi connectivity index (χ4v) is 5.74. The number of piperidine rings is 1. The summed E-state index contributed by atoms with van der Waals surface area (Å²) in [5.41, 5.74) is 1.95. The molecule has 2 unspecified atom stereocenters. The van der Waals surface area contributed by atoms with Crippen LogP contribution < -0.4 is 10.6 Å². The highest BCUT2D eigenvalue weighted by Crippen LogP contribution is 2.47. The van der Waals surface area contributed by atoms with Crippen molar-refractivity contribution in [2.75, 3.05) is 50.0 Å². The Kier molecular flexibility index (Phi) is 6.37. The zero-order valence-electron chi connectivity index (χ0n) is 21.7. The molecule has 2 amide bonds. The van der Waals surface area contributed by atoms with Gasteiger partial charge in [0.05, 0.1) is 19.3 Å². The van der Waals surface area contributed by atoms with Crippen molar-refractivity contribution in [2.45, 2.75) is 50.8 Å². The predicted molar refractivity (Wildman–Crippen MR) is 138 cm³/mol. The summed E-state index contributed by atoms with van der Waals surface area (Å²) in [4.78, 5) is 32.1. The molecule has 0 aromatic carbocycles. The number of carbonyl (C=O) groups is 2. The van der Waals surface area contributed by atoms with Gasteiger partial charge in [-0.15, -0.1) is 0 Å². The van der Waals surface area contributed by atoms with Crippen LogP contribution >= 0.6 is 0 Å². The van der Waals surface area contributed by atoms with Crippen LogP contribution in [0.4, 0.5) is 20.8 Å². The molecule has 0 bridgehead atoms. The molecule has 204 valence electrons. The van der Waals surface area contributed by atoms with Gasteiger partial charge in [-0.05, 0) is 18.8 Å². The Morgan fingerprint density at radius 1 is 1.13 bits per heavy atom. The lowest BCUT2D eigenvalue weighted by Gasteiger charge is -2.38. The molecule has 12 heteroatoms. The van der Waals surface area contributed by atoms with Crippen LogP contribution in [0.25, 0.3) is 5.65 Å². The molecular weight excluding hydrogens is 493 g/mol. The number of anilines is 2. The summed E-state index contributed by atoms with van der Waals surface area (Å²) in [5, 5.41) is 11.9. The fraction of sp³-hybridized carbons (Fsp3) is 0.615. The van der Waals surface area contributed by atoms with Gasteiger partial charge >= 0.3 is 6.09 Å². The lowest BCUT2D eigenvalue weighted by Crippen LogP contribution is -2.56. The summed E-state index contributed by atoms with van der Waals surface area (Å²) in [6, 6.07) is 2.59. The lowest BCUT2D eigenvalue weighted by atomic mass is 10.1. The Morgan fingerprint density at radius 3 is 2.50 bits per heavy atom. The van der Waals surface area contributed by atoms with Gasteiger partial charge < -0.3 is 29.9 Å². The molecule has 38 heavy (non-hydrogen) atoms. The van der Waals surface area contributed by atoms with Gasteiger partial charge in [-0.3, -0.25) is 4.79 Å². The van der Waals surface area contributed by atoms with E-state index in [-0.39, 0.29) is 25.2 Å². The molecule has 2 aromatic heterocycles. The third kappa shape index (κ3) is 4.65. The number of carbonyl (C=O) groups excluding carboxylic acids is 2. The number of halogens is 1. The minimum Gasteiger partial charge on any atom is -0.442 e. The molecule has 1 saturated carbocycles. The highest BCUT2D eigenvalue weighted by Gasteiger charge is 2.57. The number of aromatic nitrogens is 3. The van der Waals surface area contributed by atoms with E-state index in [1.165, 1.54) is 4.90 Å². The summed E-state index contributed by atoms with van der Waals surface area (Å²) in [6.45, 7) is 10.4. The van der Waals surface area contributed by atoms with Crippen LogP contribution in [-0.4, -0.2) is 94.0 Å². The largest absolute Gasteiger partial charge is 0.442 e. The van der Waals surface area contributed by atoms with E-state index in [1.807, 2.05) is 16.8 Å². The quantitative estimate of drug-likeness (QED) is 0.529. The first-order valence-corrected chi connectivity index (χ1v) is 13.4. The van der Waals surface area contributed by atoms with Gasteiger partial charge in [0.1, 0.15) is 17.7 Å². The molecule has 2 aromatic rings. The molecule has 5 heterocycles. The van der Waals surface area contributed by atoms with Crippen molar-refractivity contribution in [1.29, 1.82) is 0 Å². The van der Waals surface area contributed by atoms with Crippen LogP contribution in [0, 0.1) is 11.8 Å². The van der Waals surface area contributed by atoms with Gasteiger partial charge in [-0.2, -0.15) is 9.61 Å². The Hall–Kier alpha value is -3.41. The molecule has 11 nitrogen and oxygen atoms in total. The van der Waals surface area contributed by atoms with Crippen molar-refractivity contribution in [3.63, 3.8) is 0 Å². The molecule has 2 atom stereocenters. The molecule has 3 aliphatic heterocycles. The molecule has 4 fully saturated rings. The molecule has 0 spiro atoms. The van der Waals surface area contributed by atoms with Gasteiger partial charge in [0.2, 0.25) is 0 Å². The molecule has 1 aliphatic carbocycles. The van der Waals surface area contributed by atoms with Crippen LogP contribution in [0.5, 0.6) is 0 Å². The first-order valence-electron chi connectivity index (χ1n) is 13.4. The first kappa shape index (κ1) is 24.9. The number of hydrogen-bond donors (Lipinski definition) is 2. The summed E-state index contributed by atoms with van der Waals surface area (Å²) in [5.74, 6) is 0.916. The zero-order valence-corrected chi connectivity index (χ0v) is 21.7. The third-order valence-electron chi connectivity index (χ3n) is 8.10. The Balaban J connectivity index is 1.08. The van der Waals surface area contributed by atoms with Crippen molar-refractivity contribution in [3.8, 4) is 0 Å². The van der Waals surface area contributed by atoms with E-state index in [2.05, 4.69) is 36.2 Å². The minimum absolute atomic E-state index is 0.197. The second-order valence-corrected chi connectivity index (χ2v) is 11.1. The van der Waals surface area contributed by atoms with Crippen molar-refractivity contribution < 1.29 is 23.5 Å². The smallest absolute Gasteiger partial charge is 0.410 e. The second kappa shape index (κ2) is 9.72. The maximum absolute atomic E-state index is 13.0. The van der Waals surface area contributed by atoms with Gasteiger partial charge in [-0.1, -0.05) is 20.4 Å². The van der Waals surface area contributed by atoms with E-state index in [0.717, 1.165) is 48.9 Å². The maximum atomic E-state index is 13.0. The SMILES string of the molecule is C=C(F)C(=O)N1CC(OC(=O)N2CC3C(C2)C3Nc2cc(NC3CCOCC3)nc3c(C(C)C)cnn23)C1. The van der Waals surface area contributed by atoms with Crippen LogP contribution in [0.1, 0.15) is 38.2 Å². The average molecular weight is 528 g/mol. The lowest BCUT2D eigenvalue weighted by molar-refractivity contribution is -0.139. The summed E-state index contributed by atoms with van der Waals surface area (Å²) in [6.07, 6.45) is 3.00. The van der Waals surface area contributed by atoms with E-state index in [1.54, 1.807) is 4.90 Å². The monoisotopic (exact) mass is 527 g/mol. The number of amides is 2. The Morgan fingerprint density at radius 2 is 1.84 bits per heavy atom. The van der Waals surface area contributed by atoms with E-state index in [4.69, 9.17) is 14.5 Å². The van der Waals surface area contributed by atoms with Gasteiger partial charge in [-0.25, -0.2) is 14.2 Å². The summed E-state index contributed by atoms with van der Waals surface area (Å²) >= 11 is 0. The predicted octanol–water partition coefficient (Wildman–Crippen LogP) is 2.62. The van der Waals surface area contributed by atoms with Crippen molar-refractivity contribution in [3.05, 3.63) is 30.2 Å². The van der Waals surface area contributed by atoms with Crippen molar-refractivity contribution >= 4 is 29.3 Å². The van der Waals surface area contributed by atoms with Gasteiger partial charge in [0, 0.05) is 61.9 Å². The van der Waals surface area contributed by atoms with Crippen LogP contribution in [0.3, 0.4) is 0 Å². The Labute approximate surface area is 220 Å². The molecule has 3 saturated heterocycles. The number of likely N-dealkylation sites (tertiary alicyclic amines) is 2. The molecule has 0 radical (unpaired) electrons. The van der Waals surface area contributed by atoms with Crippen LogP contribution in [0.15, 0.2) is 24.7 Å². The van der Waals surface area contributed by atoms with E-state index in [9.17, 15) is 14.0 Å². The number of ether oxygens (including phenoxy) is 2. The minimum atomic E-state index is -0.999. The number of nitrogens with one attached hydrogen (secondary N) is 2. The molecule has 6 rings (SSSR count). The third-order valence-corrected chi connectivity index (χ3v) is 8.10. The fourth-order valence-electron chi connectivity index (χ4n) is 5.74. The van der Waals surface area contributed by atoms with Gasteiger partial charge in [0.25, 0.3) is 5.91 Å². The molecular formula is C26H34FN7O4. The second-order valence-electron chi connectivity index (χ2n) is 11.1. The normalized spacial score (nSPS) is 25.3. The number of rotatable bonds is 7. The van der Waals surface area contributed by atoms with E-state index < -0.39 is 17.8 Å². The standard InChI is InChI=1S/C26H34FN7O4/c1-14(2)18-9-28-34-22(8-21(30-24(18)34)29-16-4-6-37-7-5-16)31-23-19-12-33(13-20(19)23)26(36)38-17-10-32(11-17)25(35)15(3)27/h8-9,14,16-17,19-20,23,31H,3-7,10-13H2,1-2H3,(H,29,30). The summed E-state index contributed by atoms with van der Waals surface area (Å²) in [7, 11) is 0. The number of fused-ring (bicyclic) bond motifs is 2. The summed E-state index contributed by atoms with van der Waals surface area (Å²) < 4.78 is 25.8. The zero-order chi connectivity index (χ0) is 26.6. The van der Waals surface area contributed by atoms with Gasteiger partial charge in [0.15, 0.2) is 11.5 Å². The van der Waals surface area contributed by atoms with E-state index in [0.29, 0.717) is 36.9 Å². The van der Waals surface area contributed by atoms with Crippen LogP contribution in [-0.2, 0) is 14.3 Å². The highest BCUT2D eigenvalue weighted by molar-refractivity contribution is 5.91.